The number of unbranched alkanes of at least 4 members (excludes halogenated alkanes) is 6. The van der Waals surface area contributed by atoms with E-state index in [0.29, 0.717) is 18.8 Å². The van der Waals surface area contributed by atoms with Gasteiger partial charge in [0.05, 0.1) is 6.67 Å². The average molecular weight is 350 g/mol. The van der Waals surface area contributed by atoms with Crippen LogP contribution in [0.3, 0.4) is 0 Å². The van der Waals surface area contributed by atoms with Gasteiger partial charge in [0.25, 0.3) is 5.56 Å². The fourth-order valence-corrected chi connectivity index (χ4v) is 3.43. The maximum Gasteiger partial charge on any atom is 0.329 e. The molecule has 0 aliphatic carbocycles. The molecule has 0 unspecified atom stereocenters. The van der Waals surface area contributed by atoms with E-state index in [2.05, 4.69) is 9.88 Å². The van der Waals surface area contributed by atoms with Crippen LogP contribution in [0.15, 0.2) is 9.59 Å². The highest BCUT2D eigenvalue weighted by atomic mass is 16.2. The molecule has 7 nitrogen and oxygen atoms in total. The second-order valence-corrected chi connectivity index (χ2v) is 7.02. The van der Waals surface area contributed by atoms with Crippen LogP contribution in [0, 0.1) is 0 Å². The van der Waals surface area contributed by atoms with Gasteiger partial charge in [-0.3, -0.25) is 14.3 Å². The van der Waals surface area contributed by atoms with Gasteiger partial charge in [0, 0.05) is 27.1 Å². The van der Waals surface area contributed by atoms with Crippen molar-refractivity contribution < 1.29 is 4.79 Å². The Kier molecular flexibility index (Phi) is 6.84. The van der Waals surface area contributed by atoms with Gasteiger partial charge in [-0.15, -0.1) is 0 Å². The molecule has 0 saturated carbocycles. The van der Waals surface area contributed by atoms with Gasteiger partial charge in [0.1, 0.15) is 17.3 Å². The summed E-state index contributed by atoms with van der Waals surface area (Å²) in [4.78, 5) is 41.1. The van der Waals surface area contributed by atoms with Crippen molar-refractivity contribution in [1.82, 2.24) is 9.55 Å². The van der Waals surface area contributed by atoms with Gasteiger partial charge in [-0.1, -0.05) is 32.1 Å². The molecule has 1 aliphatic rings. The monoisotopic (exact) mass is 350 g/mol. The molecule has 0 fully saturated rings. The van der Waals surface area contributed by atoms with Crippen molar-refractivity contribution in [2.75, 3.05) is 30.1 Å². The van der Waals surface area contributed by atoms with E-state index in [-0.39, 0.29) is 17.0 Å². The summed E-state index contributed by atoms with van der Waals surface area (Å²) >= 11 is 0. The zero-order valence-electron chi connectivity index (χ0n) is 15.6. The Morgan fingerprint density at radius 2 is 1.60 bits per heavy atom. The molecule has 1 aromatic rings. The Bertz CT molecular complexity index is 707. The maximum atomic E-state index is 12.0. The lowest BCUT2D eigenvalue weighted by Gasteiger charge is -2.20. The zero-order chi connectivity index (χ0) is 18.4. The highest BCUT2D eigenvalue weighted by molar-refractivity contribution is 5.75. The molecule has 0 atom stereocenters. The number of rotatable bonds is 10. The summed E-state index contributed by atoms with van der Waals surface area (Å²) in [6.45, 7) is 3.14. The zero-order valence-corrected chi connectivity index (χ0v) is 15.6. The minimum absolute atomic E-state index is 0.282. The second kappa shape index (κ2) is 8.87. The van der Waals surface area contributed by atoms with E-state index in [0.717, 1.165) is 38.0 Å². The van der Waals surface area contributed by atoms with Gasteiger partial charge < -0.3 is 14.6 Å². The summed E-state index contributed by atoms with van der Waals surface area (Å²) in [6, 6.07) is 0. The van der Waals surface area contributed by atoms with Crippen molar-refractivity contribution >= 4 is 17.3 Å². The van der Waals surface area contributed by atoms with Crippen LogP contribution in [-0.2, 0) is 11.8 Å². The normalized spacial score (nSPS) is 13.4. The number of ketones is 1. The molecule has 7 heteroatoms. The van der Waals surface area contributed by atoms with Crippen LogP contribution in [0.1, 0.15) is 58.3 Å². The van der Waals surface area contributed by atoms with E-state index in [9.17, 15) is 14.4 Å². The van der Waals surface area contributed by atoms with Gasteiger partial charge in [0.15, 0.2) is 0 Å². The lowest BCUT2D eigenvalue weighted by atomic mass is 10.1. The number of aromatic nitrogens is 2. The van der Waals surface area contributed by atoms with Crippen molar-refractivity contribution in [1.29, 1.82) is 0 Å². The summed E-state index contributed by atoms with van der Waals surface area (Å²) in [7, 11) is 3.57. The maximum absolute atomic E-state index is 12.0. The topological polar surface area (TPSA) is 78.4 Å². The first-order valence-electron chi connectivity index (χ1n) is 9.20. The van der Waals surface area contributed by atoms with Gasteiger partial charge in [-0.05, 0) is 19.8 Å². The van der Waals surface area contributed by atoms with Crippen LogP contribution in [0.25, 0.3) is 0 Å². The minimum atomic E-state index is -0.366. The lowest BCUT2D eigenvalue weighted by molar-refractivity contribution is -0.117. The third-order valence-electron chi connectivity index (χ3n) is 4.79. The van der Waals surface area contributed by atoms with E-state index in [1.165, 1.54) is 23.8 Å². The molecular weight excluding hydrogens is 320 g/mol. The SMILES string of the molecule is CC(=O)CCCCCCCCCN1CN(C)c2c1n(C)c(=O)[nH]c2=O. The Labute approximate surface area is 148 Å². The molecule has 0 bridgehead atoms. The summed E-state index contributed by atoms with van der Waals surface area (Å²) in [5.41, 5.74) is -0.101. The number of carbonyl (C=O) groups is 1. The molecule has 1 aliphatic heterocycles. The van der Waals surface area contributed by atoms with E-state index in [1.54, 1.807) is 14.0 Å². The number of nitrogens with zero attached hydrogens (tertiary/aromatic N) is 3. The van der Waals surface area contributed by atoms with Crippen LogP contribution in [0.5, 0.6) is 0 Å². The van der Waals surface area contributed by atoms with Gasteiger partial charge >= 0.3 is 5.69 Å². The molecule has 0 radical (unpaired) electrons. The third-order valence-corrected chi connectivity index (χ3v) is 4.79. The summed E-state index contributed by atoms with van der Waals surface area (Å²) in [6.07, 6.45) is 8.61. The highest BCUT2D eigenvalue weighted by Crippen LogP contribution is 2.29. The number of H-pyrrole nitrogens is 1. The van der Waals surface area contributed by atoms with Crippen LogP contribution < -0.4 is 21.0 Å². The Morgan fingerprint density at radius 1 is 1.00 bits per heavy atom. The molecule has 2 heterocycles. The van der Waals surface area contributed by atoms with E-state index >= 15 is 0 Å². The Balaban J connectivity index is 1.74. The fraction of sp³-hybridized carbons (Fsp3) is 0.722. The molecule has 140 valence electrons. The van der Waals surface area contributed by atoms with Crippen LogP contribution in [-0.4, -0.2) is 35.6 Å². The number of anilines is 2. The minimum Gasteiger partial charge on any atom is -0.349 e. The standard InChI is InChI=1S/C18H30N4O3/c1-14(23)11-9-7-5-4-6-8-10-12-22-13-20(2)15-16(24)19-18(25)21(3)17(15)22/h4-13H2,1-3H3,(H,19,24,25). The quantitative estimate of drug-likeness (QED) is 0.653. The van der Waals surface area contributed by atoms with Gasteiger partial charge in [-0.2, -0.15) is 0 Å². The van der Waals surface area contributed by atoms with Crippen molar-refractivity contribution in [3.63, 3.8) is 0 Å². The van der Waals surface area contributed by atoms with E-state index in [4.69, 9.17) is 0 Å². The van der Waals surface area contributed by atoms with Crippen molar-refractivity contribution in [2.24, 2.45) is 7.05 Å². The number of fused-ring (bicyclic) bond motifs is 1. The Hall–Kier alpha value is -2.05. The smallest absolute Gasteiger partial charge is 0.329 e. The summed E-state index contributed by atoms with van der Waals surface area (Å²) in [5, 5.41) is 0. The molecule has 25 heavy (non-hydrogen) atoms. The predicted octanol–water partition coefficient (Wildman–Crippen LogP) is 2.00. The first-order chi connectivity index (χ1) is 11.9. The number of hydrogen-bond donors (Lipinski definition) is 1. The number of carbonyl (C=O) groups excluding carboxylic acids is 1. The van der Waals surface area contributed by atoms with Gasteiger partial charge in [-0.25, -0.2) is 4.79 Å². The summed E-state index contributed by atoms with van der Waals surface area (Å²) in [5.74, 6) is 1.00. The molecule has 1 N–H and O–H groups in total. The lowest BCUT2D eigenvalue weighted by Crippen LogP contribution is -2.32. The molecule has 0 saturated heterocycles. The predicted molar refractivity (Wildman–Crippen MR) is 101 cm³/mol. The number of aromatic amines is 1. The number of nitrogens with one attached hydrogen (secondary N) is 1. The van der Waals surface area contributed by atoms with Gasteiger partial charge in [0.2, 0.25) is 0 Å². The van der Waals surface area contributed by atoms with Crippen LogP contribution >= 0.6 is 0 Å². The molecule has 0 aromatic carbocycles. The fourth-order valence-electron chi connectivity index (χ4n) is 3.43. The summed E-state index contributed by atoms with van der Waals surface area (Å²) < 4.78 is 1.52. The second-order valence-electron chi connectivity index (χ2n) is 7.02. The van der Waals surface area contributed by atoms with Crippen LogP contribution in [0.2, 0.25) is 0 Å². The number of Topliss-reactive ketones (excluding diaryl/α,β-unsaturated/α-hetero) is 1. The van der Waals surface area contributed by atoms with Crippen molar-refractivity contribution in [2.45, 2.75) is 58.3 Å². The van der Waals surface area contributed by atoms with Crippen LogP contribution in [0.4, 0.5) is 11.5 Å². The first kappa shape index (κ1) is 19.3. The number of hydrogen-bond acceptors (Lipinski definition) is 5. The van der Waals surface area contributed by atoms with Crippen molar-refractivity contribution in [3.8, 4) is 0 Å². The average Bonchev–Trinajstić information content (AvgIpc) is 2.88. The largest absolute Gasteiger partial charge is 0.349 e. The Morgan fingerprint density at radius 3 is 2.24 bits per heavy atom. The highest BCUT2D eigenvalue weighted by Gasteiger charge is 2.28. The molecule has 0 amide bonds. The molecule has 2 rings (SSSR count). The van der Waals surface area contributed by atoms with E-state index < -0.39 is 0 Å². The molecular formula is C18H30N4O3. The first-order valence-corrected chi connectivity index (χ1v) is 9.20. The molecule has 1 aromatic heterocycles. The molecule has 0 spiro atoms. The van der Waals surface area contributed by atoms with E-state index in [1.807, 2.05) is 11.9 Å². The third kappa shape index (κ3) is 4.96. The van der Waals surface area contributed by atoms with Crippen molar-refractivity contribution in [3.05, 3.63) is 20.8 Å².